The Morgan fingerprint density at radius 2 is 1.88 bits per heavy atom. The zero-order valence-electron chi connectivity index (χ0n) is 8.85. The summed E-state index contributed by atoms with van der Waals surface area (Å²) in [6.07, 6.45) is 0. The number of nitrogens with zero attached hydrogens (tertiary/aromatic N) is 1. The molecule has 0 spiro atoms. The summed E-state index contributed by atoms with van der Waals surface area (Å²) in [4.78, 5) is 1.86. The summed E-state index contributed by atoms with van der Waals surface area (Å²) >= 11 is 4.91. The lowest BCUT2D eigenvalue weighted by Crippen LogP contribution is -1.88. The van der Waals surface area contributed by atoms with Gasteiger partial charge >= 0.3 is 0 Å². The van der Waals surface area contributed by atoms with E-state index < -0.39 is 0 Å². The largest absolute Gasteiger partial charge is 0.398 e. The van der Waals surface area contributed by atoms with Crippen molar-refractivity contribution in [2.45, 2.75) is 9.79 Å². The second-order valence-corrected chi connectivity index (χ2v) is 5.39. The van der Waals surface area contributed by atoms with Gasteiger partial charge in [0.15, 0.2) is 0 Å². The van der Waals surface area contributed by atoms with Crippen LogP contribution in [0.1, 0.15) is 5.56 Å². The highest BCUT2D eigenvalue weighted by atomic mass is 79.9. The molecule has 0 atom stereocenters. The number of halogens is 1. The van der Waals surface area contributed by atoms with E-state index in [2.05, 4.69) is 22.0 Å². The minimum atomic E-state index is 0.654. The predicted molar refractivity (Wildman–Crippen MR) is 73.8 cm³/mol. The van der Waals surface area contributed by atoms with Crippen LogP contribution in [0.5, 0.6) is 0 Å². The van der Waals surface area contributed by atoms with Gasteiger partial charge in [-0.25, -0.2) is 0 Å². The molecule has 0 fully saturated rings. The highest BCUT2D eigenvalue weighted by Gasteiger charge is 2.06. The summed E-state index contributed by atoms with van der Waals surface area (Å²) in [6.45, 7) is 0. The van der Waals surface area contributed by atoms with E-state index in [1.54, 1.807) is 6.07 Å². The SMILES string of the molecule is N#Cc1ccc(Br)cc1Sc1ccccc1N. The second-order valence-electron chi connectivity index (χ2n) is 3.39. The Hall–Kier alpha value is -1.44. The van der Waals surface area contributed by atoms with Crippen LogP contribution in [0.15, 0.2) is 56.7 Å². The number of anilines is 1. The average molecular weight is 305 g/mol. The maximum absolute atomic E-state index is 9.05. The molecule has 0 aromatic heterocycles. The third-order valence-electron chi connectivity index (χ3n) is 2.20. The van der Waals surface area contributed by atoms with Crippen LogP contribution in [-0.4, -0.2) is 0 Å². The smallest absolute Gasteiger partial charge is 0.100 e. The monoisotopic (exact) mass is 304 g/mol. The Kier molecular flexibility index (Phi) is 3.72. The number of benzene rings is 2. The number of hydrogen-bond acceptors (Lipinski definition) is 3. The molecule has 2 nitrogen and oxygen atoms in total. The minimum Gasteiger partial charge on any atom is -0.398 e. The third kappa shape index (κ3) is 2.82. The highest BCUT2D eigenvalue weighted by molar-refractivity contribution is 9.10. The summed E-state index contributed by atoms with van der Waals surface area (Å²) < 4.78 is 0.952. The minimum absolute atomic E-state index is 0.654. The first-order chi connectivity index (χ1) is 8.20. The van der Waals surface area contributed by atoms with Crippen molar-refractivity contribution >= 4 is 33.4 Å². The molecule has 0 amide bonds. The van der Waals surface area contributed by atoms with Crippen LogP contribution >= 0.6 is 27.7 Å². The van der Waals surface area contributed by atoms with Crippen molar-refractivity contribution in [3.05, 3.63) is 52.5 Å². The van der Waals surface area contributed by atoms with Crippen molar-refractivity contribution in [3.63, 3.8) is 0 Å². The Morgan fingerprint density at radius 1 is 1.12 bits per heavy atom. The lowest BCUT2D eigenvalue weighted by molar-refractivity contribution is 1.34. The van der Waals surface area contributed by atoms with Crippen LogP contribution < -0.4 is 5.73 Å². The Morgan fingerprint density at radius 3 is 2.59 bits per heavy atom. The van der Waals surface area contributed by atoms with E-state index in [4.69, 9.17) is 11.0 Å². The Balaban J connectivity index is 2.40. The lowest BCUT2D eigenvalue weighted by atomic mass is 10.2. The maximum Gasteiger partial charge on any atom is 0.100 e. The maximum atomic E-state index is 9.05. The fourth-order valence-corrected chi connectivity index (χ4v) is 2.86. The molecule has 0 aliphatic carbocycles. The standard InChI is InChI=1S/C13H9BrN2S/c14-10-6-5-9(8-15)13(7-10)17-12-4-2-1-3-11(12)16/h1-7H,16H2. The van der Waals surface area contributed by atoms with Crippen LogP contribution in [0.4, 0.5) is 5.69 Å². The Labute approximate surface area is 113 Å². The summed E-state index contributed by atoms with van der Waals surface area (Å²) in [5.41, 5.74) is 7.26. The highest BCUT2D eigenvalue weighted by Crippen LogP contribution is 2.35. The number of nitrogen functional groups attached to an aromatic ring is 1. The summed E-state index contributed by atoms with van der Waals surface area (Å²) in [6, 6.07) is 15.4. The number of hydrogen-bond donors (Lipinski definition) is 1. The van der Waals surface area contributed by atoms with E-state index in [1.807, 2.05) is 36.4 Å². The molecule has 84 valence electrons. The molecule has 0 aliphatic rings. The van der Waals surface area contributed by atoms with Crippen molar-refractivity contribution in [2.24, 2.45) is 0 Å². The van der Waals surface area contributed by atoms with Crippen molar-refractivity contribution in [3.8, 4) is 6.07 Å². The normalized spacial score (nSPS) is 9.88. The predicted octanol–water partition coefficient (Wildman–Crippen LogP) is 4.05. The van der Waals surface area contributed by atoms with Gasteiger partial charge in [-0.05, 0) is 30.3 Å². The molecular weight excluding hydrogens is 296 g/mol. The van der Waals surface area contributed by atoms with E-state index >= 15 is 0 Å². The molecule has 17 heavy (non-hydrogen) atoms. The number of para-hydroxylation sites is 1. The zero-order valence-corrected chi connectivity index (χ0v) is 11.3. The zero-order chi connectivity index (χ0) is 12.3. The van der Waals surface area contributed by atoms with E-state index in [1.165, 1.54) is 11.8 Å². The first-order valence-electron chi connectivity index (χ1n) is 4.92. The van der Waals surface area contributed by atoms with Gasteiger partial charge < -0.3 is 5.73 Å². The molecule has 4 heteroatoms. The third-order valence-corrected chi connectivity index (χ3v) is 3.85. The van der Waals surface area contributed by atoms with Crippen LogP contribution in [0.25, 0.3) is 0 Å². The van der Waals surface area contributed by atoms with Crippen molar-refractivity contribution < 1.29 is 0 Å². The molecule has 0 unspecified atom stereocenters. The second kappa shape index (κ2) is 5.26. The van der Waals surface area contributed by atoms with Crippen molar-refractivity contribution in [1.29, 1.82) is 5.26 Å². The van der Waals surface area contributed by atoms with E-state index in [0.717, 1.165) is 20.0 Å². The van der Waals surface area contributed by atoms with E-state index in [0.29, 0.717) is 5.56 Å². The van der Waals surface area contributed by atoms with Gasteiger partial charge in [0.2, 0.25) is 0 Å². The van der Waals surface area contributed by atoms with Gasteiger partial charge in [0.05, 0.1) is 5.56 Å². The molecule has 2 aromatic rings. The van der Waals surface area contributed by atoms with Gasteiger partial charge in [-0.1, -0.05) is 39.8 Å². The van der Waals surface area contributed by atoms with Gasteiger partial charge in [0, 0.05) is 20.0 Å². The molecule has 0 aliphatic heterocycles. The van der Waals surface area contributed by atoms with Crippen molar-refractivity contribution in [2.75, 3.05) is 5.73 Å². The average Bonchev–Trinajstić information content (AvgIpc) is 2.32. The molecule has 0 saturated carbocycles. The first kappa shape index (κ1) is 12.0. The van der Waals surface area contributed by atoms with Gasteiger partial charge in [-0.15, -0.1) is 0 Å². The summed E-state index contributed by atoms with van der Waals surface area (Å²) in [5.74, 6) is 0. The van der Waals surface area contributed by atoms with E-state index in [-0.39, 0.29) is 0 Å². The van der Waals surface area contributed by atoms with Crippen LogP contribution in [0, 0.1) is 11.3 Å². The van der Waals surface area contributed by atoms with Crippen LogP contribution in [-0.2, 0) is 0 Å². The number of nitriles is 1. The van der Waals surface area contributed by atoms with E-state index in [9.17, 15) is 0 Å². The molecule has 0 radical (unpaired) electrons. The van der Waals surface area contributed by atoms with Gasteiger partial charge in [-0.3, -0.25) is 0 Å². The summed E-state index contributed by atoms with van der Waals surface area (Å²) in [7, 11) is 0. The van der Waals surface area contributed by atoms with Gasteiger partial charge in [0.1, 0.15) is 6.07 Å². The van der Waals surface area contributed by atoms with Gasteiger partial charge in [0.25, 0.3) is 0 Å². The molecule has 2 rings (SSSR count). The molecule has 0 bridgehead atoms. The van der Waals surface area contributed by atoms with Crippen molar-refractivity contribution in [1.82, 2.24) is 0 Å². The summed E-state index contributed by atoms with van der Waals surface area (Å²) in [5, 5.41) is 9.05. The van der Waals surface area contributed by atoms with Crippen LogP contribution in [0.2, 0.25) is 0 Å². The topological polar surface area (TPSA) is 49.8 Å². The number of nitrogens with two attached hydrogens (primary N) is 1. The first-order valence-corrected chi connectivity index (χ1v) is 6.53. The molecule has 2 aromatic carbocycles. The van der Waals surface area contributed by atoms with Gasteiger partial charge in [-0.2, -0.15) is 5.26 Å². The fraction of sp³-hybridized carbons (Fsp3) is 0. The molecule has 2 N–H and O–H groups in total. The number of rotatable bonds is 2. The Bertz CT molecular complexity index is 590. The quantitative estimate of drug-likeness (QED) is 0.851. The van der Waals surface area contributed by atoms with Crippen LogP contribution in [0.3, 0.4) is 0 Å². The lowest BCUT2D eigenvalue weighted by Gasteiger charge is -2.06. The molecular formula is C13H9BrN2S. The molecule has 0 saturated heterocycles. The molecule has 0 heterocycles. The fourth-order valence-electron chi connectivity index (χ4n) is 1.36.